The second-order valence-corrected chi connectivity index (χ2v) is 7.24. The molecule has 1 aliphatic rings. The number of fused-ring (bicyclic) bond motifs is 1. The van der Waals surface area contributed by atoms with Crippen molar-refractivity contribution in [2.75, 3.05) is 0 Å². The molecule has 3 rings (SSSR count). The number of aryl methyl sites for hydroxylation is 1. The Morgan fingerprint density at radius 1 is 1.19 bits per heavy atom. The van der Waals surface area contributed by atoms with E-state index in [0.29, 0.717) is 6.42 Å². The predicted molar refractivity (Wildman–Crippen MR) is 86.2 cm³/mol. The molecule has 2 nitrogen and oxygen atoms in total. The van der Waals surface area contributed by atoms with Gasteiger partial charge in [-0.15, -0.1) is 0 Å². The molecule has 1 heterocycles. The smallest absolute Gasteiger partial charge is 0.165 e. The number of benzene rings is 1. The number of carbonyl (C=O) groups excluding carboxylic acids is 1. The molecule has 0 spiro atoms. The third-order valence-corrected chi connectivity index (χ3v) is 4.51. The molecule has 0 saturated heterocycles. The summed E-state index contributed by atoms with van der Waals surface area (Å²) in [4.78, 5) is 12.3. The Balaban J connectivity index is 2.00. The zero-order valence-corrected chi connectivity index (χ0v) is 13.5. The van der Waals surface area contributed by atoms with Gasteiger partial charge in [0.1, 0.15) is 0 Å². The molecule has 1 aromatic heterocycles. The number of rotatable bonds is 2. The van der Waals surface area contributed by atoms with E-state index in [1.54, 1.807) is 0 Å². The second kappa shape index (κ2) is 5.03. The van der Waals surface area contributed by atoms with Crippen LogP contribution in [-0.4, -0.2) is 10.4 Å². The lowest BCUT2D eigenvalue weighted by Gasteiger charge is -2.30. The topological polar surface area (TPSA) is 22.0 Å². The zero-order chi connectivity index (χ0) is 15.2. The Morgan fingerprint density at radius 2 is 1.86 bits per heavy atom. The van der Waals surface area contributed by atoms with Crippen LogP contribution in [0.2, 0.25) is 5.02 Å². The van der Waals surface area contributed by atoms with Crippen molar-refractivity contribution in [2.24, 2.45) is 5.41 Å². The van der Waals surface area contributed by atoms with Gasteiger partial charge in [0.25, 0.3) is 0 Å². The number of hydrogen-bond acceptors (Lipinski definition) is 1. The standard InChI is InChI=1S/C18H20ClNO/c1-12-8-15-16(9-18(2,3)10-17(15)21)20(12)11-13-4-6-14(19)7-5-13/h4-8H,9-11H2,1-3H3. The molecule has 0 N–H and O–H groups in total. The molecule has 0 atom stereocenters. The van der Waals surface area contributed by atoms with E-state index in [1.807, 2.05) is 30.3 Å². The van der Waals surface area contributed by atoms with Gasteiger partial charge in [-0.05, 0) is 42.5 Å². The first-order valence-electron chi connectivity index (χ1n) is 7.32. The lowest BCUT2D eigenvalue weighted by atomic mass is 9.76. The Morgan fingerprint density at radius 3 is 2.52 bits per heavy atom. The van der Waals surface area contributed by atoms with Crippen molar-refractivity contribution in [3.63, 3.8) is 0 Å². The molecule has 0 aliphatic heterocycles. The SMILES string of the molecule is Cc1cc2c(n1Cc1ccc(Cl)cc1)CC(C)(C)CC2=O. The minimum Gasteiger partial charge on any atom is -0.344 e. The summed E-state index contributed by atoms with van der Waals surface area (Å²) in [6.07, 6.45) is 1.60. The highest BCUT2D eigenvalue weighted by Crippen LogP contribution is 2.36. The molecule has 3 heteroatoms. The molecule has 2 aromatic rings. The van der Waals surface area contributed by atoms with Crippen molar-refractivity contribution in [1.29, 1.82) is 0 Å². The number of hydrogen-bond donors (Lipinski definition) is 0. The Hall–Kier alpha value is -1.54. The summed E-state index contributed by atoms with van der Waals surface area (Å²) in [7, 11) is 0. The van der Waals surface area contributed by atoms with Crippen molar-refractivity contribution in [3.8, 4) is 0 Å². The Bertz CT molecular complexity index is 695. The fourth-order valence-electron chi connectivity index (χ4n) is 3.20. The first-order chi connectivity index (χ1) is 9.85. The number of carbonyl (C=O) groups is 1. The molecule has 110 valence electrons. The lowest BCUT2D eigenvalue weighted by molar-refractivity contribution is 0.0910. The van der Waals surface area contributed by atoms with Gasteiger partial charge in [0.05, 0.1) is 0 Å². The average Bonchev–Trinajstić information content (AvgIpc) is 2.69. The number of aromatic nitrogens is 1. The van der Waals surface area contributed by atoms with Crippen LogP contribution in [-0.2, 0) is 13.0 Å². The van der Waals surface area contributed by atoms with Crippen molar-refractivity contribution < 1.29 is 4.79 Å². The van der Waals surface area contributed by atoms with E-state index < -0.39 is 0 Å². The van der Waals surface area contributed by atoms with Crippen molar-refractivity contribution in [1.82, 2.24) is 4.57 Å². The van der Waals surface area contributed by atoms with Crippen LogP contribution in [0, 0.1) is 12.3 Å². The molecule has 0 bridgehead atoms. The van der Waals surface area contributed by atoms with Crippen LogP contribution >= 0.6 is 11.6 Å². The number of nitrogens with zero attached hydrogens (tertiary/aromatic N) is 1. The third-order valence-electron chi connectivity index (χ3n) is 4.26. The highest BCUT2D eigenvalue weighted by molar-refractivity contribution is 6.30. The Kier molecular flexibility index (Phi) is 3.45. The highest BCUT2D eigenvalue weighted by Gasteiger charge is 2.33. The lowest BCUT2D eigenvalue weighted by Crippen LogP contribution is -2.28. The minimum absolute atomic E-state index is 0.0482. The van der Waals surface area contributed by atoms with Crippen LogP contribution in [0.25, 0.3) is 0 Å². The predicted octanol–water partition coefficient (Wildman–Crippen LogP) is 4.65. The van der Waals surface area contributed by atoms with Gasteiger partial charge in [-0.3, -0.25) is 4.79 Å². The molecule has 0 radical (unpaired) electrons. The number of halogens is 1. The molecular formula is C18H20ClNO. The van der Waals surface area contributed by atoms with Gasteiger partial charge >= 0.3 is 0 Å². The second-order valence-electron chi connectivity index (χ2n) is 6.80. The maximum absolute atomic E-state index is 12.3. The fraction of sp³-hybridized carbons (Fsp3) is 0.389. The van der Waals surface area contributed by atoms with Gasteiger partial charge in [0.2, 0.25) is 0 Å². The van der Waals surface area contributed by atoms with E-state index in [9.17, 15) is 4.79 Å². The quantitative estimate of drug-likeness (QED) is 0.791. The molecule has 21 heavy (non-hydrogen) atoms. The molecule has 1 aromatic carbocycles. The van der Waals surface area contributed by atoms with Crippen molar-refractivity contribution in [2.45, 2.75) is 40.2 Å². The van der Waals surface area contributed by atoms with E-state index in [1.165, 1.54) is 11.3 Å². The van der Waals surface area contributed by atoms with Gasteiger partial charge in [0, 0.05) is 34.9 Å². The van der Waals surface area contributed by atoms with Gasteiger partial charge in [0.15, 0.2) is 5.78 Å². The van der Waals surface area contributed by atoms with Crippen LogP contribution < -0.4 is 0 Å². The molecule has 0 fully saturated rings. The van der Waals surface area contributed by atoms with Crippen LogP contribution in [0.3, 0.4) is 0 Å². The van der Waals surface area contributed by atoms with E-state index in [4.69, 9.17) is 11.6 Å². The number of Topliss-reactive ketones (excluding diaryl/α,β-unsaturated/α-hetero) is 1. The van der Waals surface area contributed by atoms with Gasteiger partial charge in [-0.2, -0.15) is 0 Å². The zero-order valence-electron chi connectivity index (χ0n) is 12.7. The monoisotopic (exact) mass is 301 g/mol. The summed E-state index contributed by atoms with van der Waals surface area (Å²) in [6.45, 7) is 7.21. The van der Waals surface area contributed by atoms with Crippen LogP contribution in [0.1, 0.15) is 47.6 Å². The Labute approximate surface area is 130 Å². The molecule has 0 unspecified atom stereocenters. The first kappa shape index (κ1) is 14.4. The van der Waals surface area contributed by atoms with Crippen LogP contribution in [0.5, 0.6) is 0 Å². The summed E-state index contributed by atoms with van der Waals surface area (Å²) in [5, 5.41) is 0.751. The maximum atomic E-state index is 12.3. The van der Waals surface area contributed by atoms with Crippen LogP contribution in [0.4, 0.5) is 0 Å². The van der Waals surface area contributed by atoms with E-state index in [2.05, 4.69) is 25.3 Å². The van der Waals surface area contributed by atoms with E-state index in [-0.39, 0.29) is 11.2 Å². The molecule has 0 saturated carbocycles. The minimum atomic E-state index is 0.0482. The first-order valence-corrected chi connectivity index (χ1v) is 7.70. The molecule has 0 amide bonds. The van der Waals surface area contributed by atoms with Gasteiger partial charge < -0.3 is 4.57 Å². The summed E-state index contributed by atoms with van der Waals surface area (Å²) < 4.78 is 2.28. The summed E-state index contributed by atoms with van der Waals surface area (Å²) in [5.41, 5.74) is 4.51. The van der Waals surface area contributed by atoms with Crippen LogP contribution in [0.15, 0.2) is 30.3 Å². The van der Waals surface area contributed by atoms with Gasteiger partial charge in [-0.1, -0.05) is 37.6 Å². The fourth-order valence-corrected chi connectivity index (χ4v) is 3.32. The summed E-state index contributed by atoms with van der Waals surface area (Å²) >= 11 is 5.95. The number of ketones is 1. The van der Waals surface area contributed by atoms with Crippen molar-refractivity contribution >= 4 is 17.4 Å². The van der Waals surface area contributed by atoms with E-state index >= 15 is 0 Å². The maximum Gasteiger partial charge on any atom is 0.165 e. The molecular weight excluding hydrogens is 282 g/mol. The van der Waals surface area contributed by atoms with Crippen molar-refractivity contribution in [3.05, 3.63) is 57.9 Å². The normalized spacial score (nSPS) is 16.9. The van der Waals surface area contributed by atoms with Gasteiger partial charge in [-0.25, -0.2) is 0 Å². The largest absolute Gasteiger partial charge is 0.344 e. The van der Waals surface area contributed by atoms with E-state index in [0.717, 1.165) is 29.2 Å². The summed E-state index contributed by atoms with van der Waals surface area (Å²) in [6, 6.07) is 9.96. The highest BCUT2D eigenvalue weighted by atomic mass is 35.5. The average molecular weight is 302 g/mol. The third kappa shape index (κ3) is 2.77. The molecule has 1 aliphatic carbocycles. The summed E-state index contributed by atoms with van der Waals surface area (Å²) in [5.74, 6) is 0.277.